The molecule has 0 atom stereocenters. The second kappa shape index (κ2) is 6.83. The van der Waals surface area contributed by atoms with E-state index in [9.17, 15) is 8.78 Å². The van der Waals surface area contributed by atoms with E-state index >= 15 is 0 Å². The van der Waals surface area contributed by atoms with Crippen molar-refractivity contribution in [3.05, 3.63) is 35.4 Å². The zero-order valence-electron chi connectivity index (χ0n) is 10.7. The molecule has 0 heterocycles. The molecule has 1 aromatic rings. The highest BCUT2D eigenvalue weighted by atomic mass is 19.3. The van der Waals surface area contributed by atoms with Crippen molar-refractivity contribution in [2.45, 2.75) is 57.5 Å². The maximum absolute atomic E-state index is 12.6. The molecule has 1 aromatic carbocycles. The van der Waals surface area contributed by atoms with Gasteiger partial charge in [0.15, 0.2) is 0 Å². The van der Waals surface area contributed by atoms with Gasteiger partial charge in [-0.05, 0) is 24.5 Å². The number of nitrogens with one attached hydrogen (secondary N) is 1. The van der Waals surface area contributed by atoms with Crippen LogP contribution in [-0.2, 0) is 6.54 Å². The summed E-state index contributed by atoms with van der Waals surface area (Å²) in [6.45, 7) is 0.700. The first-order chi connectivity index (χ1) is 8.75. The van der Waals surface area contributed by atoms with E-state index < -0.39 is 6.43 Å². The second-order valence-corrected chi connectivity index (χ2v) is 5.12. The summed E-state index contributed by atoms with van der Waals surface area (Å²) < 4.78 is 25.2. The number of rotatable bonds is 4. The molecule has 18 heavy (non-hydrogen) atoms. The first kappa shape index (κ1) is 13.5. The van der Waals surface area contributed by atoms with Gasteiger partial charge >= 0.3 is 0 Å². The van der Waals surface area contributed by atoms with Gasteiger partial charge in [0.2, 0.25) is 0 Å². The van der Waals surface area contributed by atoms with Crippen LogP contribution < -0.4 is 5.32 Å². The number of hydrogen-bond acceptors (Lipinski definition) is 1. The van der Waals surface area contributed by atoms with Crippen molar-refractivity contribution in [1.29, 1.82) is 0 Å². The number of hydrogen-bond donors (Lipinski definition) is 1. The van der Waals surface area contributed by atoms with Gasteiger partial charge < -0.3 is 5.32 Å². The van der Waals surface area contributed by atoms with E-state index in [0.29, 0.717) is 12.6 Å². The SMILES string of the molecule is FC(F)c1cccc(CNC2CCCCCC2)c1. The minimum atomic E-state index is -2.37. The van der Waals surface area contributed by atoms with Crippen LogP contribution in [0.1, 0.15) is 56.1 Å². The molecule has 0 radical (unpaired) electrons. The van der Waals surface area contributed by atoms with Crippen LogP contribution in [0.4, 0.5) is 8.78 Å². The van der Waals surface area contributed by atoms with Gasteiger partial charge in [-0.1, -0.05) is 43.9 Å². The molecule has 1 saturated carbocycles. The minimum absolute atomic E-state index is 0.121. The summed E-state index contributed by atoms with van der Waals surface area (Å²) in [6, 6.07) is 7.28. The van der Waals surface area contributed by atoms with E-state index in [-0.39, 0.29) is 5.56 Å². The van der Waals surface area contributed by atoms with Crippen molar-refractivity contribution in [2.24, 2.45) is 0 Å². The van der Waals surface area contributed by atoms with Crippen LogP contribution in [0, 0.1) is 0 Å². The Hall–Kier alpha value is -0.960. The fraction of sp³-hybridized carbons (Fsp3) is 0.600. The van der Waals surface area contributed by atoms with E-state index in [4.69, 9.17) is 0 Å². The summed E-state index contributed by atoms with van der Waals surface area (Å²) >= 11 is 0. The standard InChI is InChI=1S/C15H21F2N/c16-15(17)13-7-5-6-12(10-13)11-18-14-8-3-1-2-4-9-14/h5-7,10,14-15,18H,1-4,8-9,11H2. The molecular weight excluding hydrogens is 232 g/mol. The second-order valence-electron chi connectivity index (χ2n) is 5.12. The molecule has 0 unspecified atom stereocenters. The Labute approximate surface area is 108 Å². The molecule has 1 aliphatic rings. The number of halogens is 2. The highest BCUT2D eigenvalue weighted by Gasteiger charge is 2.12. The lowest BCUT2D eigenvalue weighted by Gasteiger charge is -2.16. The maximum Gasteiger partial charge on any atom is 0.263 e. The normalized spacial score (nSPS) is 17.9. The Balaban J connectivity index is 1.87. The Morgan fingerprint density at radius 2 is 1.83 bits per heavy atom. The van der Waals surface area contributed by atoms with E-state index in [1.807, 2.05) is 6.07 Å². The van der Waals surface area contributed by atoms with Gasteiger partial charge in [-0.25, -0.2) is 8.78 Å². The Morgan fingerprint density at radius 3 is 2.50 bits per heavy atom. The molecule has 0 spiro atoms. The zero-order valence-corrected chi connectivity index (χ0v) is 10.7. The molecule has 1 aliphatic carbocycles. The molecule has 0 amide bonds. The van der Waals surface area contributed by atoms with Crippen LogP contribution in [0.25, 0.3) is 0 Å². The van der Waals surface area contributed by atoms with E-state index in [2.05, 4.69) is 5.32 Å². The van der Waals surface area contributed by atoms with Crippen molar-refractivity contribution in [1.82, 2.24) is 5.32 Å². The third-order valence-corrected chi connectivity index (χ3v) is 3.65. The monoisotopic (exact) mass is 253 g/mol. The molecule has 0 aliphatic heterocycles. The van der Waals surface area contributed by atoms with Crippen molar-refractivity contribution in [3.8, 4) is 0 Å². The lowest BCUT2D eigenvalue weighted by Crippen LogP contribution is -2.27. The fourth-order valence-electron chi connectivity index (χ4n) is 2.58. The molecule has 2 rings (SSSR count). The third-order valence-electron chi connectivity index (χ3n) is 3.65. The van der Waals surface area contributed by atoms with Crippen LogP contribution in [0.2, 0.25) is 0 Å². The summed E-state index contributed by atoms with van der Waals surface area (Å²) in [4.78, 5) is 0. The Morgan fingerprint density at radius 1 is 1.11 bits per heavy atom. The van der Waals surface area contributed by atoms with Gasteiger partial charge in [-0.3, -0.25) is 0 Å². The Kier molecular flexibility index (Phi) is 5.12. The first-order valence-electron chi connectivity index (χ1n) is 6.86. The fourth-order valence-corrected chi connectivity index (χ4v) is 2.58. The average molecular weight is 253 g/mol. The third kappa shape index (κ3) is 4.05. The number of benzene rings is 1. The van der Waals surface area contributed by atoms with Crippen molar-refractivity contribution in [3.63, 3.8) is 0 Å². The molecule has 0 bridgehead atoms. The Bertz CT molecular complexity index is 357. The van der Waals surface area contributed by atoms with Crippen LogP contribution in [0.15, 0.2) is 24.3 Å². The zero-order chi connectivity index (χ0) is 12.8. The highest BCUT2D eigenvalue weighted by Crippen LogP contribution is 2.20. The highest BCUT2D eigenvalue weighted by molar-refractivity contribution is 5.24. The smallest absolute Gasteiger partial charge is 0.263 e. The van der Waals surface area contributed by atoms with Crippen LogP contribution >= 0.6 is 0 Å². The molecule has 1 N–H and O–H groups in total. The van der Waals surface area contributed by atoms with Gasteiger partial charge in [0.25, 0.3) is 6.43 Å². The number of alkyl halides is 2. The molecule has 0 aromatic heterocycles. The van der Waals surface area contributed by atoms with E-state index in [1.54, 1.807) is 12.1 Å². The summed E-state index contributed by atoms with van der Waals surface area (Å²) in [6.07, 6.45) is 5.30. The topological polar surface area (TPSA) is 12.0 Å². The quantitative estimate of drug-likeness (QED) is 0.782. The van der Waals surface area contributed by atoms with E-state index in [1.165, 1.54) is 44.6 Å². The molecule has 1 fully saturated rings. The largest absolute Gasteiger partial charge is 0.310 e. The van der Waals surface area contributed by atoms with Crippen molar-refractivity contribution >= 4 is 0 Å². The summed E-state index contributed by atoms with van der Waals surface area (Å²) in [5.74, 6) is 0. The van der Waals surface area contributed by atoms with Gasteiger partial charge in [-0.15, -0.1) is 0 Å². The van der Waals surface area contributed by atoms with Gasteiger partial charge in [0.05, 0.1) is 0 Å². The summed E-state index contributed by atoms with van der Waals surface area (Å²) in [5.41, 5.74) is 1.08. The average Bonchev–Trinajstić information content (AvgIpc) is 2.65. The predicted molar refractivity (Wildman–Crippen MR) is 69.7 cm³/mol. The van der Waals surface area contributed by atoms with Crippen molar-refractivity contribution < 1.29 is 8.78 Å². The lowest BCUT2D eigenvalue weighted by molar-refractivity contribution is 0.151. The van der Waals surface area contributed by atoms with Gasteiger partial charge in [-0.2, -0.15) is 0 Å². The van der Waals surface area contributed by atoms with E-state index in [0.717, 1.165) is 5.56 Å². The minimum Gasteiger partial charge on any atom is -0.310 e. The van der Waals surface area contributed by atoms with Crippen LogP contribution in [0.5, 0.6) is 0 Å². The molecule has 1 nitrogen and oxygen atoms in total. The van der Waals surface area contributed by atoms with Crippen LogP contribution in [-0.4, -0.2) is 6.04 Å². The van der Waals surface area contributed by atoms with Gasteiger partial charge in [0, 0.05) is 18.2 Å². The molecular formula is C15H21F2N. The maximum atomic E-state index is 12.6. The predicted octanol–water partition coefficient (Wildman–Crippen LogP) is 4.44. The summed E-state index contributed by atoms with van der Waals surface area (Å²) in [5, 5.41) is 3.50. The lowest BCUT2D eigenvalue weighted by atomic mass is 10.1. The molecule has 100 valence electrons. The summed E-state index contributed by atoms with van der Waals surface area (Å²) in [7, 11) is 0. The molecule has 0 saturated heterocycles. The van der Waals surface area contributed by atoms with Crippen LogP contribution in [0.3, 0.4) is 0 Å². The van der Waals surface area contributed by atoms with Crippen molar-refractivity contribution in [2.75, 3.05) is 0 Å². The first-order valence-corrected chi connectivity index (χ1v) is 6.86. The molecule has 3 heteroatoms. The van der Waals surface area contributed by atoms with Gasteiger partial charge in [0.1, 0.15) is 0 Å².